The monoisotopic (exact) mass is 467 g/mol. The Kier molecular flexibility index (Phi) is 6.35. The lowest BCUT2D eigenvalue weighted by Gasteiger charge is -2.18. The second kappa shape index (κ2) is 8.83. The molecule has 1 heterocycles. The number of aromatic nitrogens is 1. The van der Waals surface area contributed by atoms with Crippen molar-refractivity contribution in [2.75, 3.05) is 5.32 Å². The summed E-state index contributed by atoms with van der Waals surface area (Å²) >= 11 is 5.70. The second-order valence-corrected chi connectivity index (χ2v) is 6.97. The van der Waals surface area contributed by atoms with Crippen LogP contribution in [0.3, 0.4) is 0 Å². The molecule has 0 aliphatic rings. The molecule has 0 spiro atoms. The first-order valence-electron chi connectivity index (χ1n) is 8.88. The Morgan fingerprint density at radius 3 is 2.34 bits per heavy atom. The van der Waals surface area contributed by atoms with Crippen LogP contribution in [0.15, 0.2) is 48.7 Å². The van der Waals surface area contributed by atoms with E-state index in [9.17, 15) is 27.2 Å². The third kappa shape index (κ3) is 4.97. The van der Waals surface area contributed by atoms with Crippen molar-refractivity contribution < 1.29 is 31.9 Å². The molecule has 1 aromatic heterocycles. The number of carbonyl (C=O) groups is 2. The highest BCUT2D eigenvalue weighted by molar-refractivity contribution is 6.30. The summed E-state index contributed by atoms with van der Waals surface area (Å²) in [5.41, 5.74) is 3.16. The number of benzene rings is 2. The number of hydrogen-bond donors (Lipinski definition) is 2. The standard InChI is InChI=1S/C21H14ClF4N3O3/c1-10-13(21(24,25)26)4-7-17(32-16-6-2-11(22)8-14(16)23)18(10)20(31)29-12-3-5-15(19(27)30)28-9-12/h2-9H,1H3,(H2,27,30)(H,29,31). The fraction of sp³-hybridized carbons (Fsp3) is 0.0952. The lowest BCUT2D eigenvalue weighted by atomic mass is 10.00. The molecule has 3 aromatic rings. The quantitative estimate of drug-likeness (QED) is 0.495. The predicted octanol–water partition coefficient (Wildman–Crippen LogP) is 5.34. The Balaban J connectivity index is 2.03. The van der Waals surface area contributed by atoms with Crippen molar-refractivity contribution in [3.8, 4) is 11.5 Å². The van der Waals surface area contributed by atoms with Crippen LogP contribution in [0.2, 0.25) is 5.02 Å². The summed E-state index contributed by atoms with van der Waals surface area (Å²) in [5.74, 6) is -3.28. The SMILES string of the molecule is Cc1c(C(F)(F)F)ccc(Oc2ccc(Cl)cc2F)c1C(=O)Nc1ccc(C(N)=O)nc1. The Bertz CT molecular complexity index is 1200. The molecule has 0 aliphatic heterocycles. The summed E-state index contributed by atoms with van der Waals surface area (Å²) in [7, 11) is 0. The molecule has 2 aromatic carbocycles. The van der Waals surface area contributed by atoms with Gasteiger partial charge in [0, 0.05) is 5.02 Å². The van der Waals surface area contributed by atoms with Gasteiger partial charge in [-0.2, -0.15) is 13.2 Å². The van der Waals surface area contributed by atoms with E-state index in [0.717, 1.165) is 31.3 Å². The Labute approximate surface area is 184 Å². The Hall–Kier alpha value is -3.66. The Morgan fingerprint density at radius 2 is 1.78 bits per heavy atom. The largest absolute Gasteiger partial charge is 0.453 e. The molecule has 0 radical (unpaired) electrons. The molecule has 11 heteroatoms. The lowest BCUT2D eigenvalue weighted by molar-refractivity contribution is -0.138. The highest BCUT2D eigenvalue weighted by Crippen LogP contribution is 2.38. The van der Waals surface area contributed by atoms with Gasteiger partial charge in [-0.15, -0.1) is 0 Å². The van der Waals surface area contributed by atoms with Crippen molar-refractivity contribution in [2.24, 2.45) is 5.73 Å². The van der Waals surface area contributed by atoms with Crippen LogP contribution in [0.5, 0.6) is 11.5 Å². The topological polar surface area (TPSA) is 94.3 Å². The molecule has 0 saturated carbocycles. The summed E-state index contributed by atoms with van der Waals surface area (Å²) in [6.07, 6.45) is -3.63. The maximum atomic E-state index is 14.2. The zero-order chi connectivity index (χ0) is 23.6. The summed E-state index contributed by atoms with van der Waals surface area (Å²) in [6.45, 7) is 1.09. The van der Waals surface area contributed by atoms with Crippen LogP contribution in [0.1, 0.15) is 32.0 Å². The Morgan fingerprint density at radius 1 is 1.09 bits per heavy atom. The van der Waals surface area contributed by atoms with Gasteiger partial charge in [0.05, 0.1) is 23.0 Å². The number of hydrogen-bond acceptors (Lipinski definition) is 4. The van der Waals surface area contributed by atoms with Crippen molar-refractivity contribution in [1.29, 1.82) is 0 Å². The van der Waals surface area contributed by atoms with Gasteiger partial charge in [0.15, 0.2) is 11.6 Å². The molecule has 32 heavy (non-hydrogen) atoms. The van der Waals surface area contributed by atoms with Crippen LogP contribution >= 0.6 is 11.6 Å². The fourth-order valence-electron chi connectivity index (χ4n) is 2.84. The maximum absolute atomic E-state index is 14.2. The van der Waals surface area contributed by atoms with Gasteiger partial charge in [-0.05, 0) is 55.0 Å². The van der Waals surface area contributed by atoms with Crippen molar-refractivity contribution in [3.63, 3.8) is 0 Å². The first-order valence-corrected chi connectivity index (χ1v) is 9.26. The first kappa shape index (κ1) is 23.0. The third-order valence-corrected chi connectivity index (χ3v) is 4.58. The molecule has 2 amide bonds. The molecular formula is C21H14ClF4N3O3. The van der Waals surface area contributed by atoms with Crippen molar-refractivity contribution >= 4 is 29.1 Å². The van der Waals surface area contributed by atoms with Crippen molar-refractivity contribution in [1.82, 2.24) is 4.98 Å². The third-order valence-electron chi connectivity index (χ3n) is 4.35. The summed E-state index contributed by atoms with van der Waals surface area (Å²) in [5, 5.41) is 2.46. The predicted molar refractivity (Wildman–Crippen MR) is 108 cm³/mol. The van der Waals surface area contributed by atoms with Gasteiger partial charge < -0.3 is 15.8 Å². The van der Waals surface area contributed by atoms with Crippen LogP contribution in [-0.4, -0.2) is 16.8 Å². The summed E-state index contributed by atoms with van der Waals surface area (Å²) in [4.78, 5) is 27.8. The zero-order valence-electron chi connectivity index (χ0n) is 16.3. The van der Waals surface area contributed by atoms with E-state index in [-0.39, 0.29) is 27.9 Å². The number of pyridine rings is 1. The number of anilines is 1. The van der Waals surface area contributed by atoms with Crippen LogP contribution < -0.4 is 15.8 Å². The van der Waals surface area contributed by atoms with E-state index in [1.165, 1.54) is 24.3 Å². The van der Waals surface area contributed by atoms with Crippen molar-refractivity contribution in [3.05, 3.63) is 81.9 Å². The maximum Gasteiger partial charge on any atom is 0.416 e. The van der Waals surface area contributed by atoms with Crippen LogP contribution in [-0.2, 0) is 6.18 Å². The average molecular weight is 468 g/mol. The number of nitrogens with two attached hydrogens (primary N) is 1. The molecule has 0 aliphatic carbocycles. The van der Waals surface area contributed by atoms with Gasteiger partial charge in [-0.25, -0.2) is 9.37 Å². The molecule has 3 rings (SSSR count). The minimum Gasteiger partial charge on any atom is -0.453 e. The lowest BCUT2D eigenvalue weighted by Crippen LogP contribution is -2.19. The number of amides is 2. The number of ether oxygens (including phenoxy) is 1. The number of halogens is 5. The number of rotatable bonds is 5. The molecule has 0 bridgehead atoms. The second-order valence-electron chi connectivity index (χ2n) is 6.54. The minimum atomic E-state index is -4.74. The van der Waals surface area contributed by atoms with E-state index in [1.807, 2.05) is 0 Å². The summed E-state index contributed by atoms with van der Waals surface area (Å²) < 4.78 is 59.8. The van der Waals surface area contributed by atoms with Crippen LogP contribution in [0.4, 0.5) is 23.2 Å². The molecule has 6 nitrogen and oxygen atoms in total. The molecule has 3 N–H and O–H groups in total. The van der Waals surface area contributed by atoms with Gasteiger partial charge in [-0.1, -0.05) is 11.6 Å². The molecule has 0 unspecified atom stereocenters. The average Bonchev–Trinajstić information content (AvgIpc) is 2.69. The van der Waals surface area contributed by atoms with Crippen LogP contribution in [0.25, 0.3) is 0 Å². The minimum absolute atomic E-state index is 0.0690. The fourth-order valence-corrected chi connectivity index (χ4v) is 3.00. The van der Waals surface area contributed by atoms with E-state index in [4.69, 9.17) is 22.1 Å². The molecule has 0 saturated heterocycles. The van der Waals surface area contributed by atoms with E-state index in [2.05, 4.69) is 10.3 Å². The van der Waals surface area contributed by atoms with E-state index in [0.29, 0.717) is 0 Å². The number of primary amides is 1. The molecule has 0 atom stereocenters. The molecule has 166 valence electrons. The van der Waals surface area contributed by atoms with E-state index in [1.54, 1.807) is 0 Å². The van der Waals surface area contributed by atoms with Gasteiger partial charge in [-0.3, -0.25) is 9.59 Å². The number of alkyl halides is 3. The van der Waals surface area contributed by atoms with E-state index >= 15 is 0 Å². The number of nitrogens with zero attached hydrogens (tertiary/aromatic N) is 1. The van der Waals surface area contributed by atoms with Gasteiger partial charge in [0.1, 0.15) is 11.4 Å². The highest BCUT2D eigenvalue weighted by Gasteiger charge is 2.35. The number of nitrogens with one attached hydrogen (secondary N) is 1. The normalized spacial score (nSPS) is 11.2. The smallest absolute Gasteiger partial charge is 0.416 e. The molecular weight excluding hydrogens is 454 g/mol. The van der Waals surface area contributed by atoms with Gasteiger partial charge in [0.2, 0.25) is 0 Å². The highest BCUT2D eigenvalue weighted by atomic mass is 35.5. The first-order chi connectivity index (χ1) is 15.0. The zero-order valence-corrected chi connectivity index (χ0v) is 17.0. The number of carbonyl (C=O) groups excluding carboxylic acids is 2. The van der Waals surface area contributed by atoms with Gasteiger partial charge in [0.25, 0.3) is 11.8 Å². The van der Waals surface area contributed by atoms with Crippen LogP contribution in [0, 0.1) is 12.7 Å². The van der Waals surface area contributed by atoms with Gasteiger partial charge >= 0.3 is 6.18 Å². The summed E-state index contributed by atoms with van der Waals surface area (Å²) in [6, 6.07) is 7.65. The molecule has 0 fully saturated rings. The van der Waals surface area contributed by atoms with Crippen molar-refractivity contribution in [2.45, 2.75) is 13.1 Å². The van der Waals surface area contributed by atoms with E-state index < -0.39 is 40.5 Å².